The van der Waals surface area contributed by atoms with E-state index in [-0.39, 0.29) is 11.0 Å². The van der Waals surface area contributed by atoms with Crippen LogP contribution in [0.4, 0.5) is 5.69 Å². The summed E-state index contributed by atoms with van der Waals surface area (Å²) in [6, 6.07) is 14.2. The second-order valence-corrected chi connectivity index (χ2v) is 6.46. The minimum Gasteiger partial charge on any atom is -0.491 e. The first kappa shape index (κ1) is 23.6. The molecule has 0 aliphatic heterocycles. The van der Waals surface area contributed by atoms with Crippen molar-refractivity contribution in [1.82, 2.24) is 5.32 Å². The monoisotopic (exact) mass is 432 g/mol. The van der Waals surface area contributed by atoms with E-state index < -0.39 is 0 Å². The van der Waals surface area contributed by atoms with Gasteiger partial charge in [-0.3, -0.25) is 10.1 Å². The van der Waals surface area contributed by atoms with Gasteiger partial charge in [0.1, 0.15) is 24.7 Å². The molecule has 0 saturated heterocycles. The first-order valence-electron chi connectivity index (χ1n) is 9.86. The third-order valence-corrected chi connectivity index (χ3v) is 4.04. The average Bonchev–Trinajstić information content (AvgIpc) is 2.75. The minimum atomic E-state index is -0.321. The summed E-state index contributed by atoms with van der Waals surface area (Å²) in [5, 5.41) is 5.85. The molecular formula is C22H28N2O5S. The Labute approximate surface area is 182 Å². The van der Waals surface area contributed by atoms with Crippen LogP contribution in [0.1, 0.15) is 24.2 Å². The fraction of sp³-hybridized carbons (Fsp3) is 0.364. The van der Waals surface area contributed by atoms with Crippen molar-refractivity contribution in [3.05, 3.63) is 54.1 Å². The Morgan fingerprint density at radius 3 is 2.13 bits per heavy atom. The quantitative estimate of drug-likeness (QED) is 0.392. The van der Waals surface area contributed by atoms with Gasteiger partial charge in [-0.2, -0.15) is 0 Å². The topological polar surface area (TPSA) is 78.1 Å². The first-order chi connectivity index (χ1) is 14.6. The highest BCUT2D eigenvalue weighted by Crippen LogP contribution is 2.16. The molecule has 0 fully saturated rings. The lowest BCUT2D eigenvalue weighted by Gasteiger charge is -2.12. The van der Waals surface area contributed by atoms with Crippen molar-refractivity contribution in [2.45, 2.75) is 13.8 Å². The number of thiocarbonyl (C=S) groups is 1. The van der Waals surface area contributed by atoms with Crippen LogP contribution in [0, 0.1) is 0 Å². The van der Waals surface area contributed by atoms with Gasteiger partial charge in [0.05, 0.1) is 13.2 Å². The van der Waals surface area contributed by atoms with E-state index in [0.717, 1.165) is 11.4 Å². The van der Waals surface area contributed by atoms with Crippen LogP contribution >= 0.6 is 12.2 Å². The highest BCUT2D eigenvalue weighted by atomic mass is 32.1. The molecule has 7 nitrogen and oxygen atoms in total. The second kappa shape index (κ2) is 13.5. The molecule has 0 aromatic heterocycles. The number of nitrogens with one attached hydrogen (secondary N) is 2. The number of rotatable bonds is 12. The molecule has 2 rings (SSSR count). The Balaban J connectivity index is 1.80. The summed E-state index contributed by atoms with van der Waals surface area (Å²) < 4.78 is 21.6. The third kappa shape index (κ3) is 8.77. The molecule has 162 valence electrons. The Kier molecular flexibility index (Phi) is 10.6. The number of anilines is 1. The largest absolute Gasteiger partial charge is 0.491 e. The molecule has 0 radical (unpaired) electrons. The number of ether oxygens (including phenoxy) is 4. The fourth-order valence-electron chi connectivity index (χ4n) is 2.42. The van der Waals surface area contributed by atoms with Gasteiger partial charge in [0.15, 0.2) is 5.11 Å². The maximum Gasteiger partial charge on any atom is 0.257 e. The molecule has 0 saturated carbocycles. The Bertz CT molecular complexity index is 798. The molecule has 30 heavy (non-hydrogen) atoms. The smallest absolute Gasteiger partial charge is 0.257 e. The van der Waals surface area contributed by atoms with Crippen LogP contribution in [-0.2, 0) is 9.47 Å². The molecule has 0 unspecified atom stereocenters. The van der Waals surface area contributed by atoms with E-state index in [0.29, 0.717) is 51.0 Å². The van der Waals surface area contributed by atoms with Crippen molar-refractivity contribution in [3.63, 3.8) is 0 Å². The zero-order chi connectivity index (χ0) is 21.6. The summed E-state index contributed by atoms with van der Waals surface area (Å²) in [5.74, 6) is 1.01. The second-order valence-electron chi connectivity index (χ2n) is 6.05. The Morgan fingerprint density at radius 1 is 0.867 bits per heavy atom. The molecule has 2 aromatic rings. The van der Waals surface area contributed by atoms with Gasteiger partial charge in [-0.15, -0.1) is 0 Å². The number of benzene rings is 2. The summed E-state index contributed by atoms with van der Waals surface area (Å²) in [5.41, 5.74) is 1.19. The van der Waals surface area contributed by atoms with Gasteiger partial charge in [0.25, 0.3) is 5.91 Å². The van der Waals surface area contributed by atoms with Crippen molar-refractivity contribution < 1.29 is 23.7 Å². The summed E-state index contributed by atoms with van der Waals surface area (Å²) >= 11 is 5.24. The number of carbonyl (C=O) groups excluding carboxylic acids is 1. The molecule has 2 N–H and O–H groups in total. The normalized spacial score (nSPS) is 10.3. The van der Waals surface area contributed by atoms with Gasteiger partial charge in [-0.1, -0.05) is 6.07 Å². The predicted octanol–water partition coefficient (Wildman–Crippen LogP) is 3.64. The summed E-state index contributed by atoms with van der Waals surface area (Å²) in [7, 11) is 0. The van der Waals surface area contributed by atoms with Gasteiger partial charge in [-0.05, 0) is 68.5 Å². The lowest BCUT2D eigenvalue weighted by molar-refractivity contribution is 0.0976. The van der Waals surface area contributed by atoms with E-state index in [9.17, 15) is 4.79 Å². The van der Waals surface area contributed by atoms with Crippen molar-refractivity contribution in [2.75, 3.05) is 45.0 Å². The average molecular weight is 433 g/mol. The number of hydrogen-bond donors (Lipinski definition) is 2. The van der Waals surface area contributed by atoms with Gasteiger partial charge in [0, 0.05) is 24.5 Å². The van der Waals surface area contributed by atoms with Crippen LogP contribution in [0.2, 0.25) is 0 Å². The van der Waals surface area contributed by atoms with Gasteiger partial charge in [0.2, 0.25) is 0 Å². The van der Waals surface area contributed by atoms with Gasteiger partial charge >= 0.3 is 0 Å². The molecule has 8 heteroatoms. The zero-order valence-electron chi connectivity index (χ0n) is 17.3. The van der Waals surface area contributed by atoms with Crippen molar-refractivity contribution >= 4 is 28.9 Å². The lowest BCUT2D eigenvalue weighted by atomic mass is 10.2. The molecule has 0 spiro atoms. The van der Waals surface area contributed by atoms with Crippen molar-refractivity contribution in [2.24, 2.45) is 0 Å². The summed E-state index contributed by atoms with van der Waals surface area (Å²) in [6.45, 7) is 7.13. The molecule has 0 aliphatic rings. The van der Waals surface area contributed by atoms with E-state index in [1.54, 1.807) is 24.3 Å². The molecule has 2 aromatic carbocycles. The predicted molar refractivity (Wildman–Crippen MR) is 121 cm³/mol. The van der Waals surface area contributed by atoms with Crippen molar-refractivity contribution in [3.8, 4) is 11.5 Å². The SMILES string of the molecule is CCOCCOc1ccc(NC(=S)NC(=O)c2cccc(OCCOCC)c2)cc1. The van der Waals surface area contributed by atoms with E-state index >= 15 is 0 Å². The molecule has 0 aliphatic carbocycles. The molecule has 0 atom stereocenters. The maximum absolute atomic E-state index is 12.4. The minimum absolute atomic E-state index is 0.202. The van der Waals surface area contributed by atoms with Gasteiger partial charge < -0.3 is 24.3 Å². The summed E-state index contributed by atoms with van der Waals surface area (Å²) in [6.07, 6.45) is 0. The van der Waals surface area contributed by atoms with Crippen LogP contribution in [0.15, 0.2) is 48.5 Å². The highest BCUT2D eigenvalue weighted by Gasteiger charge is 2.09. The van der Waals surface area contributed by atoms with Crippen LogP contribution in [-0.4, -0.2) is 50.7 Å². The van der Waals surface area contributed by atoms with Crippen LogP contribution in [0.3, 0.4) is 0 Å². The standard InChI is InChI=1S/C22H28N2O5S/c1-3-26-12-14-28-19-10-8-18(9-11-19)23-22(30)24-21(25)17-6-5-7-20(16-17)29-15-13-27-4-2/h5-11,16H,3-4,12-15H2,1-2H3,(H2,23,24,25,30). The molecule has 0 heterocycles. The van der Waals surface area contributed by atoms with Gasteiger partial charge in [-0.25, -0.2) is 0 Å². The number of amides is 1. The lowest BCUT2D eigenvalue weighted by Crippen LogP contribution is -2.34. The molecule has 0 bridgehead atoms. The van der Waals surface area contributed by atoms with E-state index in [1.807, 2.05) is 38.1 Å². The zero-order valence-corrected chi connectivity index (χ0v) is 18.1. The fourth-order valence-corrected chi connectivity index (χ4v) is 2.64. The summed E-state index contributed by atoms with van der Waals surface area (Å²) in [4.78, 5) is 12.4. The molecular weight excluding hydrogens is 404 g/mol. The Morgan fingerprint density at radius 2 is 1.50 bits per heavy atom. The highest BCUT2D eigenvalue weighted by molar-refractivity contribution is 7.80. The van der Waals surface area contributed by atoms with Crippen LogP contribution < -0.4 is 20.1 Å². The number of hydrogen-bond acceptors (Lipinski definition) is 6. The maximum atomic E-state index is 12.4. The van der Waals surface area contributed by atoms with E-state index in [1.165, 1.54) is 0 Å². The number of carbonyl (C=O) groups is 1. The van der Waals surface area contributed by atoms with Crippen LogP contribution in [0.5, 0.6) is 11.5 Å². The third-order valence-electron chi connectivity index (χ3n) is 3.84. The van der Waals surface area contributed by atoms with E-state index in [2.05, 4.69) is 10.6 Å². The van der Waals surface area contributed by atoms with E-state index in [4.69, 9.17) is 31.2 Å². The van der Waals surface area contributed by atoms with Crippen LogP contribution in [0.25, 0.3) is 0 Å². The molecule has 1 amide bonds. The Hall–Kier alpha value is -2.68. The first-order valence-corrected chi connectivity index (χ1v) is 10.3. The van der Waals surface area contributed by atoms with Crippen molar-refractivity contribution in [1.29, 1.82) is 0 Å².